The van der Waals surface area contributed by atoms with Gasteiger partial charge in [-0.2, -0.15) is 0 Å². The van der Waals surface area contributed by atoms with Gasteiger partial charge in [-0.25, -0.2) is 0 Å². The molecule has 6 nitrogen and oxygen atoms in total. The monoisotopic (exact) mass is 269 g/mol. The molecule has 2 fully saturated rings. The average Bonchev–Trinajstić information content (AvgIpc) is 3.12. The van der Waals surface area contributed by atoms with Gasteiger partial charge in [0.1, 0.15) is 17.2 Å². The second-order valence-corrected chi connectivity index (χ2v) is 5.45. The minimum absolute atomic E-state index is 0.0517. The molecule has 1 aromatic rings. The number of carbonyl (C=O) groups is 1. The summed E-state index contributed by atoms with van der Waals surface area (Å²) in [5, 5.41) is 12.2. The Kier molecular flexibility index (Phi) is 3.53. The summed E-state index contributed by atoms with van der Waals surface area (Å²) in [6, 6.07) is 0. The molecule has 3 rings (SSSR count). The Morgan fingerprint density at radius 2 is 2.06 bits per heavy atom. The molecular weight excluding hydrogens is 254 g/mol. The van der Waals surface area contributed by atoms with Gasteiger partial charge in [0.05, 0.1) is 0 Å². The highest BCUT2D eigenvalue weighted by atomic mass is 32.1. The highest BCUT2D eigenvalue weighted by Gasteiger charge is 2.26. The van der Waals surface area contributed by atoms with Crippen LogP contribution in [0, 0.1) is 0 Å². The predicted molar refractivity (Wildman–Crippen MR) is 65.4 cm³/mol. The van der Waals surface area contributed by atoms with Crippen molar-refractivity contribution in [1.29, 1.82) is 0 Å². The number of hydrogen-bond donors (Lipinski definition) is 1. The van der Waals surface area contributed by atoms with E-state index in [2.05, 4.69) is 15.5 Å². The summed E-state index contributed by atoms with van der Waals surface area (Å²) in [6.45, 7) is 1.44. The molecule has 0 bridgehead atoms. The quantitative estimate of drug-likeness (QED) is 0.900. The van der Waals surface area contributed by atoms with Gasteiger partial charge in [0, 0.05) is 13.2 Å². The first-order valence-electron chi connectivity index (χ1n) is 6.20. The molecule has 0 radical (unpaired) electrons. The summed E-state index contributed by atoms with van der Waals surface area (Å²) in [5.41, 5.74) is 0. The molecule has 18 heavy (non-hydrogen) atoms. The number of nitrogens with zero attached hydrogens (tertiary/aromatic N) is 2. The second kappa shape index (κ2) is 5.29. The van der Waals surface area contributed by atoms with Crippen molar-refractivity contribution in [3.8, 4) is 0 Å². The molecule has 3 heterocycles. The molecule has 2 aliphatic rings. The van der Waals surface area contributed by atoms with Gasteiger partial charge in [0.25, 0.3) is 5.91 Å². The molecule has 98 valence electrons. The smallest absolute Gasteiger partial charge is 0.255 e. The molecule has 0 unspecified atom stereocenters. The maximum Gasteiger partial charge on any atom is 0.255 e. The van der Waals surface area contributed by atoms with Crippen molar-refractivity contribution < 1.29 is 14.3 Å². The molecule has 1 aromatic heterocycles. The standard InChI is InChI=1S/C11H15N3O3S/c15-9(7-3-1-5-16-7)12-11-14-13-10(18-11)8-4-2-6-17-8/h7-8H,1-6H2,(H,12,14,15)/t7-,8-/m1/s1. The second-order valence-electron chi connectivity index (χ2n) is 4.44. The van der Waals surface area contributed by atoms with E-state index in [4.69, 9.17) is 9.47 Å². The van der Waals surface area contributed by atoms with Gasteiger partial charge in [0.15, 0.2) is 0 Å². The zero-order valence-corrected chi connectivity index (χ0v) is 10.7. The zero-order valence-electron chi connectivity index (χ0n) is 9.92. The maximum atomic E-state index is 11.8. The molecule has 7 heteroatoms. The van der Waals surface area contributed by atoms with Crippen molar-refractivity contribution in [1.82, 2.24) is 10.2 Å². The normalized spacial score (nSPS) is 27.6. The van der Waals surface area contributed by atoms with Crippen LogP contribution in [0.1, 0.15) is 36.8 Å². The molecule has 1 N–H and O–H groups in total. The predicted octanol–water partition coefficient (Wildman–Crippen LogP) is 1.51. The third-order valence-corrected chi connectivity index (χ3v) is 4.03. The number of aromatic nitrogens is 2. The summed E-state index contributed by atoms with van der Waals surface area (Å²) < 4.78 is 10.8. The van der Waals surface area contributed by atoms with Crippen LogP contribution in [0.25, 0.3) is 0 Å². The first-order chi connectivity index (χ1) is 8.83. The van der Waals surface area contributed by atoms with E-state index in [0.29, 0.717) is 11.7 Å². The van der Waals surface area contributed by atoms with Gasteiger partial charge in [0.2, 0.25) is 5.13 Å². The van der Waals surface area contributed by atoms with Crippen molar-refractivity contribution in [2.75, 3.05) is 18.5 Å². The van der Waals surface area contributed by atoms with Gasteiger partial charge in [-0.3, -0.25) is 10.1 Å². The highest BCUT2D eigenvalue weighted by Crippen LogP contribution is 2.32. The minimum Gasteiger partial charge on any atom is -0.371 e. The Balaban J connectivity index is 1.60. The Morgan fingerprint density at radius 3 is 2.78 bits per heavy atom. The van der Waals surface area contributed by atoms with Gasteiger partial charge in [-0.1, -0.05) is 11.3 Å². The number of nitrogens with one attached hydrogen (secondary N) is 1. The molecule has 2 saturated heterocycles. The molecule has 0 aromatic carbocycles. The Bertz CT molecular complexity index is 425. The third kappa shape index (κ3) is 2.52. The first-order valence-corrected chi connectivity index (χ1v) is 7.02. The van der Waals surface area contributed by atoms with Gasteiger partial charge in [-0.15, -0.1) is 10.2 Å². The summed E-state index contributed by atoms with van der Waals surface area (Å²) in [7, 11) is 0. The summed E-state index contributed by atoms with van der Waals surface area (Å²) >= 11 is 1.38. The van der Waals surface area contributed by atoms with Gasteiger partial charge < -0.3 is 9.47 Å². The summed E-state index contributed by atoms with van der Waals surface area (Å²) in [6.07, 6.45) is 3.48. The molecule has 0 spiro atoms. The van der Waals surface area contributed by atoms with Crippen LogP contribution in [-0.2, 0) is 14.3 Å². The lowest BCUT2D eigenvalue weighted by Crippen LogP contribution is -2.26. The fourth-order valence-corrected chi connectivity index (χ4v) is 2.99. The number of amides is 1. The molecule has 0 aliphatic carbocycles. The van der Waals surface area contributed by atoms with Crippen LogP contribution in [0.4, 0.5) is 5.13 Å². The first kappa shape index (κ1) is 12.0. The van der Waals surface area contributed by atoms with Crippen molar-refractivity contribution in [2.45, 2.75) is 37.9 Å². The van der Waals surface area contributed by atoms with Crippen LogP contribution in [-0.4, -0.2) is 35.4 Å². The van der Waals surface area contributed by atoms with Crippen LogP contribution >= 0.6 is 11.3 Å². The lowest BCUT2D eigenvalue weighted by molar-refractivity contribution is -0.124. The molecule has 1 amide bonds. The summed E-state index contributed by atoms with van der Waals surface area (Å²) in [4.78, 5) is 11.8. The van der Waals surface area contributed by atoms with Crippen molar-refractivity contribution in [2.24, 2.45) is 0 Å². The Labute approximate surface area is 109 Å². The van der Waals surface area contributed by atoms with Crippen molar-refractivity contribution in [3.63, 3.8) is 0 Å². The van der Waals surface area contributed by atoms with E-state index in [1.807, 2.05) is 0 Å². The van der Waals surface area contributed by atoms with Crippen LogP contribution in [0.2, 0.25) is 0 Å². The maximum absolute atomic E-state index is 11.8. The van der Waals surface area contributed by atoms with Crippen molar-refractivity contribution >= 4 is 22.4 Å². The Morgan fingerprint density at radius 1 is 1.22 bits per heavy atom. The number of rotatable bonds is 3. The third-order valence-electron chi connectivity index (χ3n) is 3.10. The van der Waals surface area contributed by atoms with Crippen molar-refractivity contribution in [3.05, 3.63) is 5.01 Å². The van der Waals surface area contributed by atoms with E-state index in [0.717, 1.165) is 37.3 Å². The van der Waals surface area contributed by atoms with Crippen LogP contribution < -0.4 is 5.32 Å². The topological polar surface area (TPSA) is 73.3 Å². The van der Waals surface area contributed by atoms with Crippen LogP contribution in [0.3, 0.4) is 0 Å². The van der Waals surface area contributed by atoms with Gasteiger partial charge >= 0.3 is 0 Å². The molecule has 0 saturated carbocycles. The van der Waals surface area contributed by atoms with Crippen LogP contribution in [0.5, 0.6) is 0 Å². The summed E-state index contributed by atoms with van der Waals surface area (Å²) in [5.74, 6) is -0.123. The number of carbonyl (C=O) groups excluding carboxylic acids is 1. The van der Waals surface area contributed by atoms with E-state index in [9.17, 15) is 4.79 Å². The zero-order chi connectivity index (χ0) is 12.4. The van der Waals surface area contributed by atoms with E-state index in [1.165, 1.54) is 11.3 Å². The van der Waals surface area contributed by atoms with Crippen LogP contribution in [0.15, 0.2) is 0 Å². The molecule has 2 atom stereocenters. The number of anilines is 1. The van der Waals surface area contributed by atoms with E-state index < -0.39 is 0 Å². The fraction of sp³-hybridized carbons (Fsp3) is 0.727. The minimum atomic E-state index is -0.333. The van der Waals surface area contributed by atoms with E-state index in [1.54, 1.807) is 0 Å². The number of hydrogen-bond acceptors (Lipinski definition) is 6. The highest BCUT2D eigenvalue weighted by molar-refractivity contribution is 7.15. The SMILES string of the molecule is O=C(Nc1nnc([C@H]2CCCO2)s1)[C@H]1CCCO1. The fourth-order valence-electron chi connectivity index (χ4n) is 2.16. The number of ether oxygens (including phenoxy) is 2. The van der Waals surface area contributed by atoms with Gasteiger partial charge in [-0.05, 0) is 25.7 Å². The lowest BCUT2D eigenvalue weighted by Gasteiger charge is -2.07. The molecule has 2 aliphatic heterocycles. The van der Waals surface area contributed by atoms with E-state index >= 15 is 0 Å². The Hall–Kier alpha value is -1.05. The average molecular weight is 269 g/mol. The van der Waals surface area contributed by atoms with E-state index in [-0.39, 0.29) is 18.1 Å². The largest absolute Gasteiger partial charge is 0.371 e. The lowest BCUT2D eigenvalue weighted by atomic mass is 10.2. The molecular formula is C11H15N3O3S.